The van der Waals surface area contributed by atoms with Crippen molar-refractivity contribution in [3.8, 4) is 0 Å². The highest BCUT2D eigenvalue weighted by atomic mass is 16.5. The van der Waals surface area contributed by atoms with E-state index in [0.717, 1.165) is 6.42 Å². The zero-order valence-electron chi connectivity index (χ0n) is 13.0. The number of hydrogen-bond acceptors (Lipinski definition) is 4. The summed E-state index contributed by atoms with van der Waals surface area (Å²) in [5.74, 6) is -1.34. The maximum Gasteiger partial charge on any atom is 0.321 e. The van der Waals surface area contributed by atoms with Gasteiger partial charge in [0.2, 0.25) is 6.10 Å². The molecule has 0 aliphatic heterocycles. The van der Waals surface area contributed by atoms with Gasteiger partial charge < -0.3 is 10.1 Å². The maximum atomic E-state index is 12.3. The highest BCUT2D eigenvalue weighted by Gasteiger charge is 2.29. The largest absolute Gasteiger partial charge is 0.447 e. The fourth-order valence-electron chi connectivity index (χ4n) is 2.36. The van der Waals surface area contributed by atoms with E-state index in [4.69, 9.17) is 4.74 Å². The van der Waals surface area contributed by atoms with Gasteiger partial charge in [-0.3, -0.25) is 14.9 Å². The fourth-order valence-corrected chi connectivity index (χ4v) is 2.36. The minimum Gasteiger partial charge on any atom is -0.447 e. The van der Waals surface area contributed by atoms with E-state index in [1.165, 1.54) is 7.05 Å². The van der Waals surface area contributed by atoms with Gasteiger partial charge in [-0.1, -0.05) is 42.5 Å². The molecule has 1 aliphatic rings. The summed E-state index contributed by atoms with van der Waals surface area (Å²) >= 11 is 0. The Bertz CT molecular complexity index is 598. The minimum atomic E-state index is -1.15. The van der Waals surface area contributed by atoms with Crippen LogP contribution in [0.5, 0.6) is 0 Å². The van der Waals surface area contributed by atoms with Gasteiger partial charge in [0.15, 0.2) is 0 Å². The van der Waals surface area contributed by atoms with E-state index in [-0.39, 0.29) is 5.92 Å². The number of carbonyl (C=O) groups is 3. The average molecular weight is 316 g/mol. The molecule has 0 bridgehead atoms. The first kappa shape index (κ1) is 16.7. The number of esters is 1. The third-order valence-corrected chi connectivity index (χ3v) is 3.64. The molecular formula is C17H20N2O4. The van der Waals surface area contributed by atoms with E-state index in [1.807, 2.05) is 12.2 Å². The van der Waals surface area contributed by atoms with Crippen molar-refractivity contribution >= 4 is 17.9 Å². The van der Waals surface area contributed by atoms with Crippen molar-refractivity contribution in [1.29, 1.82) is 0 Å². The molecule has 122 valence electrons. The lowest BCUT2D eigenvalue weighted by Gasteiger charge is -2.22. The number of allylic oxidation sites excluding steroid dienone is 2. The second-order valence-corrected chi connectivity index (χ2v) is 5.28. The number of nitrogens with one attached hydrogen (secondary N) is 2. The zero-order chi connectivity index (χ0) is 16.7. The average Bonchev–Trinajstić information content (AvgIpc) is 2.60. The van der Waals surface area contributed by atoms with Crippen LogP contribution < -0.4 is 10.6 Å². The van der Waals surface area contributed by atoms with Gasteiger partial charge in [0.25, 0.3) is 5.91 Å². The van der Waals surface area contributed by atoms with Crippen molar-refractivity contribution in [2.45, 2.75) is 25.4 Å². The molecule has 1 aromatic carbocycles. The van der Waals surface area contributed by atoms with Crippen LogP contribution >= 0.6 is 0 Å². The molecule has 6 heteroatoms. The topological polar surface area (TPSA) is 84.5 Å². The number of hydrogen-bond donors (Lipinski definition) is 2. The number of carbonyl (C=O) groups excluding carboxylic acids is 3. The van der Waals surface area contributed by atoms with Gasteiger partial charge in [-0.25, -0.2) is 4.79 Å². The Morgan fingerprint density at radius 1 is 1.17 bits per heavy atom. The molecule has 0 heterocycles. The summed E-state index contributed by atoms with van der Waals surface area (Å²) in [6.45, 7) is 0. The predicted molar refractivity (Wildman–Crippen MR) is 84.4 cm³/mol. The Labute approximate surface area is 134 Å². The van der Waals surface area contributed by atoms with Crippen molar-refractivity contribution in [2.75, 3.05) is 7.05 Å². The van der Waals surface area contributed by atoms with Crippen LogP contribution in [0.1, 0.15) is 30.9 Å². The zero-order valence-corrected chi connectivity index (χ0v) is 13.0. The SMILES string of the molecule is CNC(=O)NC(=O)[C@@H](OC(=O)[C@@H]1CC=CCC1)c1ccccc1. The summed E-state index contributed by atoms with van der Waals surface area (Å²) in [5.41, 5.74) is 0.522. The molecule has 6 nitrogen and oxygen atoms in total. The maximum absolute atomic E-state index is 12.3. The lowest BCUT2D eigenvalue weighted by Crippen LogP contribution is -2.41. The van der Waals surface area contributed by atoms with Gasteiger partial charge in [0.1, 0.15) is 0 Å². The van der Waals surface area contributed by atoms with Crippen LogP contribution in [0.25, 0.3) is 0 Å². The Morgan fingerprint density at radius 3 is 2.52 bits per heavy atom. The first-order valence-corrected chi connectivity index (χ1v) is 7.55. The van der Waals surface area contributed by atoms with Crippen molar-refractivity contribution < 1.29 is 19.1 Å². The van der Waals surface area contributed by atoms with Crippen LogP contribution in [0.3, 0.4) is 0 Å². The lowest BCUT2D eigenvalue weighted by molar-refractivity contribution is -0.160. The number of imide groups is 1. The standard InChI is InChI=1S/C17H20N2O4/c1-18-17(22)19-15(20)14(12-8-4-2-5-9-12)23-16(21)13-10-6-3-7-11-13/h2-6,8-9,13-14H,7,10-11H2,1H3,(H2,18,19,20,22)/t13-,14+/m1/s1. The quantitative estimate of drug-likeness (QED) is 0.658. The van der Waals surface area contributed by atoms with Crippen molar-refractivity contribution in [2.24, 2.45) is 5.92 Å². The van der Waals surface area contributed by atoms with E-state index in [1.54, 1.807) is 30.3 Å². The number of benzene rings is 1. The fraction of sp³-hybridized carbons (Fsp3) is 0.353. The summed E-state index contributed by atoms with van der Waals surface area (Å²) in [4.78, 5) is 35.9. The third kappa shape index (κ3) is 4.67. The Morgan fingerprint density at radius 2 is 1.91 bits per heavy atom. The van der Waals surface area contributed by atoms with Crippen LogP contribution in [0.4, 0.5) is 4.79 Å². The molecule has 0 fully saturated rings. The molecule has 2 atom stereocenters. The highest BCUT2D eigenvalue weighted by molar-refractivity contribution is 5.97. The summed E-state index contributed by atoms with van der Waals surface area (Å²) in [5, 5.41) is 4.45. The van der Waals surface area contributed by atoms with Crippen molar-refractivity contribution in [3.05, 3.63) is 48.0 Å². The van der Waals surface area contributed by atoms with E-state index >= 15 is 0 Å². The summed E-state index contributed by atoms with van der Waals surface area (Å²) in [7, 11) is 1.40. The van der Waals surface area contributed by atoms with Crippen LogP contribution in [-0.2, 0) is 14.3 Å². The monoisotopic (exact) mass is 316 g/mol. The Hall–Kier alpha value is -2.63. The van der Waals surface area contributed by atoms with Gasteiger partial charge in [-0.05, 0) is 19.3 Å². The molecule has 1 aliphatic carbocycles. The van der Waals surface area contributed by atoms with E-state index < -0.39 is 24.0 Å². The number of ether oxygens (including phenoxy) is 1. The molecule has 0 unspecified atom stereocenters. The van der Waals surface area contributed by atoms with Gasteiger partial charge >= 0.3 is 12.0 Å². The second-order valence-electron chi connectivity index (χ2n) is 5.28. The minimum absolute atomic E-state index is 0.251. The van der Waals surface area contributed by atoms with Crippen molar-refractivity contribution in [1.82, 2.24) is 10.6 Å². The van der Waals surface area contributed by atoms with Crippen molar-refractivity contribution in [3.63, 3.8) is 0 Å². The molecule has 1 aromatic rings. The predicted octanol–water partition coefficient (Wildman–Crippen LogP) is 2.08. The van der Waals surface area contributed by atoms with E-state index in [0.29, 0.717) is 18.4 Å². The molecule has 0 saturated heterocycles. The van der Waals surface area contributed by atoms with E-state index in [9.17, 15) is 14.4 Å². The molecule has 0 radical (unpaired) electrons. The number of amides is 3. The van der Waals surface area contributed by atoms with Gasteiger partial charge in [0, 0.05) is 12.6 Å². The number of rotatable bonds is 4. The molecule has 2 N–H and O–H groups in total. The van der Waals surface area contributed by atoms with Crippen LogP contribution in [-0.4, -0.2) is 25.0 Å². The Kier molecular flexibility index (Phi) is 5.91. The molecular weight excluding hydrogens is 296 g/mol. The molecule has 0 spiro atoms. The molecule has 0 saturated carbocycles. The van der Waals surface area contributed by atoms with Crippen LogP contribution in [0.15, 0.2) is 42.5 Å². The smallest absolute Gasteiger partial charge is 0.321 e. The Balaban J connectivity index is 2.13. The second kappa shape index (κ2) is 8.12. The van der Waals surface area contributed by atoms with E-state index in [2.05, 4.69) is 10.6 Å². The van der Waals surface area contributed by atoms with Crippen LogP contribution in [0, 0.1) is 5.92 Å². The van der Waals surface area contributed by atoms with Crippen LogP contribution in [0.2, 0.25) is 0 Å². The summed E-state index contributed by atoms with van der Waals surface area (Å²) in [6.07, 6.45) is 4.95. The summed E-state index contributed by atoms with van der Waals surface area (Å²) < 4.78 is 5.42. The van der Waals surface area contributed by atoms with Gasteiger partial charge in [-0.15, -0.1) is 0 Å². The first-order valence-electron chi connectivity index (χ1n) is 7.55. The van der Waals surface area contributed by atoms with Gasteiger partial charge in [-0.2, -0.15) is 0 Å². The molecule has 3 amide bonds. The number of urea groups is 1. The molecule has 2 rings (SSSR count). The first-order chi connectivity index (χ1) is 11.1. The normalized spacial score (nSPS) is 17.9. The lowest BCUT2D eigenvalue weighted by atomic mass is 9.94. The summed E-state index contributed by atoms with van der Waals surface area (Å²) in [6, 6.07) is 8.00. The third-order valence-electron chi connectivity index (χ3n) is 3.64. The highest BCUT2D eigenvalue weighted by Crippen LogP contribution is 2.24. The molecule has 0 aromatic heterocycles. The van der Waals surface area contributed by atoms with Gasteiger partial charge in [0.05, 0.1) is 5.92 Å². The molecule has 23 heavy (non-hydrogen) atoms.